The normalized spacial score (nSPS) is 16.6. The van der Waals surface area contributed by atoms with Crippen LogP contribution in [0.15, 0.2) is 47.1 Å². The first kappa shape index (κ1) is 20.7. The second-order valence-corrected chi connectivity index (χ2v) is 9.01. The molecule has 32 heavy (non-hydrogen) atoms. The van der Waals surface area contributed by atoms with Crippen molar-refractivity contribution in [1.29, 1.82) is 0 Å². The summed E-state index contributed by atoms with van der Waals surface area (Å²) < 4.78 is 21.4. The number of anilines is 1. The maximum absolute atomic E-state index is 13.3. The molecule has 1 N–H and O–H groups in total. The third kappa shape index (κ3) is 4.12. The van der Waals surface area contributed by atoms with Gasteiger partial charge in [0, 0.05) is 26.1 Å². The molecule has 0 radical (unpaired) electrons. The summed E-state index contributed by atoms with van der Waals surface area (Å²) in [5.74, 6) is 0.600. The van der Waals surface area contributed by atoms with Gasteiger partial charge in [-0.15, -0.1) is 0 Å². The maximum Gasteiger partial charge on any atom is 0.224 e. The first-order valence-electron chi connectivity index (χ1n) is 10.8. The fraction of sp³-hybridized carbons (Fsp3) is 0.348. The first-order chi connectivity index (χ1) is 15.6. The zero-order valence-corrected chi connectivity index (χ0v) is 18.6. The van der Waals surface area contributed by atoms with Crippen LogP contribution in [0.25, 0.3) is 16.0 Å². The number of carbonyl (C=O) groups excluding carboxylic acids is 1. The number of amides is 1. The molecule has 0 spiro atoms. The Balaban J connectivity index is 1.29. The number of fused-ring (bicyclic) bond motifs is 1. The van der Waals surface area contributed by atoms with Crippen molar-refractivity contribution in [2.45, 2.75) is 26.2 Å². The van der Waals surface area contributed by atoms with Gasteiger partial charge in [-0.05, 0) is 56.2 Å². The lowest BCUT2D eigenvalue weighted by Gasteiger charge is -2.31. The van der Waals surface area contributed by atoms with E-state index in [-0.39, 0.29) is 17.6 Å². The van der Waals surface area contributed by atoms with Crippen LogP contribution in [0.5, 0.6) is 0 Å². The fourth-order valence-electron chi connectivity index (χ4n) is 4.09. The Bertz CT molecular complexity index is 1220. The molecule has 0 bridgehead atoms. The Morgan fingerprint density at radius 3 is 2.94 bits per heavy atom. The third-order valence-corrected chi connectivity index (χ3v) is 6.98. The van der Waals surface area contributed by atoms with Crippen molar-refractivity contribution in [3.05, 3.63) is 59.9 Å². The van der Waals surface area contributed by atoms with E-state index >= 15 is 0 Å². The molecule has 166 valence electrons. The van der Waals surface area contributed by atoms with Crippen LogP contribution in [0.2, 0.25) is 0 Å². The molecule has 1 atom stereocenters. The van der Waals surface area contributed by atoms with Crippen LogP contribution in [0.3, 0.4) is 0 Å². The number of aromatic nitrogens is 3. The van der Waals surface area contributed by atoms with E-state index in [2.05, 4.69) is 15.3 Å². The quantitative estimate of drug-likeness (QED) is 0.476. The topological polar surface area (TPSA) is 76.2 Å². The number of aryl methyl sites for hydroxylation is 1. The van der Waals surface area contributed by atoms with Crippen molar-refractivity contribution < 1.29 is 13.6 Å². The molecule has 7 nitrogen and oxygen atoms in total. The van der Waals surface area contributed by atoms with Gasteiger partial charge in [0.25, 0.3) is 0 Å². The molecule has 1 aliphatic heterocycles. The van der Waals surface area contributed by atoms with E-state index in [4.69, 9.17) is 9.40 Å². The highest BCUT2D eigenvalue weighted by Gasteiger charge is 2.28. The Morgan fingerprint density at radius 1 is 1.31 bits per heavy atom. The first-order valence-corrected chi connectivity index (χ1v) is 11.6. The number of thiazole rings is 1. The molecule has 1 saturated heterocycles. The molecule has 1 amide bonds. The molecule has 4 aromatic rings. The van der Waals surface area contributed by atoms with Crippen LogP contribution in [0, 0.1) is 18.7 Å². The zero-order valence-electron chi connectivity index (χ0n) is 17.8. The summed E-state index contributed by atoms with van der Waals surface area (Å²) in [7, 11) is 0. The van der Waals surface area contributed by atoms with Gasteiger partial charge >= 0.3 is 0 Å². The van der Waals surface area contributed by atoms with Crippen LogP contribution >= 0.6 is 11.3 Å². The van der Waals surface area contributed by atoms with Gasteiger partial charge in [-0.25, -0.2) is 9.07 Å². The Kier molecular flexibility index (Phi) is 5.65. The van der Waals surface area contributed by atoms with Crippen LogP contribution in [-0.2, 0) is 11.2 Å². The smallest absolute Gasteiger partial charge is 0.224 e. The van der Waals surface area contributed by atoms with Gasteiger partial charge in [0.1, 0.15) is 11.6 Å². The predicted molar refractivity (Wildman–Crippen MR) is 122 cm³/mol. The summed E-state index contributed by atoms with van der Waals surface area (Å²) in [6.07, 6.45) is 4.14. The number of hydrogen-bond acceptors (Lipinski definition) is 6. The summed E-state index contributed by atoms with van der Waals surface area (Å²) in [6.45, 7) is 4.04. The van der Waals surface area contributed by atoms with Crippen molar-refractivity contribution in [1.82, 2.24) is 20.1 Å². The molecule has 3 aromatic heterocycles. The number of piperidine rings is 1. The SMILES string of the molecule is Cc1nn(-c2ccc(F)cc2)c2nc(N3CCCC(C(=O)NCCc4ccco4)C3)sc12. The fourth-order valence-corrected chi connectivity index (χ4v) is 5.12. The van der Waals surface area contributed by atoms with Crippen molar-refractivity contribution in [2.75, 3.05) is 24.5 Å². The van der Waals surface area contributed by atoms with Gasteiger partial charge in [0.2, 0.25) is 5.91 Å². The lowest BCUT2D eigenvalue weighted by atomic mass is 9.97. The maximum atomic E-state index is 13.3. The van der Waals surface area contributed by atoms with E-state index in [1.165, 1.54) is 12.1 Å². The highest BCUT2D eigenvalue weighted by molar-refractivity contribution is 7.22. The molecule has 1 aromatic carbocycles. The van der Waals surface area contributed by atoms with E-state index in [0.29, 0.717) is 19.5 Å². The molecular formula is C23H24FN5O2S. The minimum Gasteiger partial charge on any atom is -0.469 e. The predicted octanol–water partition coefficient (Wildman–Crippen LogP) is 4.10. The van der Waals surface area contributed by atoms with E-state index in [1.54, 1.807) is 34.4 Å². The van der Waals surface area contributed by atoms with Gasteiger partial charge < -0.3 is 14.6 Å². The minimum absolute atomic E-state index is 0.0675. The Morgan fingerprint density at radius 2 is 2.16 bits per heavy atom. The van der Waals surface area contributed by atoms with Gasteiger partial charge in [-0.2, -0.15) is 10.1 Å². The van der Waals surface area contributed by atoms with Crippen LogP contribution in [0.1, 0.15) is 24.3 Å². The highest BCUT2D eigenvalue weighted by atomic mass is 32.1. The second-order valence-electron chi connectivity index (χ2n) is 8.03. The summed E-state index contributed by atoms with van der Waals surface area (Å²) >= 11 is 1.59. The zero-order chi connectivity index (χ0) is 22.1. The lowest BCUT2D eigenvalue weighted by molar-refractivity contribution is -0.125. The number of rotatable bonds is 6. The van der Waals surface area contributed by atoms with Gasteiger partial charge in [0.05, 0.1) is 28.3 Å². The van der Waals surface area contributed by atoms with Crippen molar-refractivity contribution >= 4 is 32.7 Å². The average Bonchev–Trinajstić information content (AvgIpc) is 3.53. The number of benzene rings is 1. The number of carbonyl (C=O) groups is 1. The summed E-state index contributed by atoms with van der Waals surface area (Å²) in [5, 5.41) is 8.52. The number of nitrogens with zero attached hydrogens (tertiary/aromatic N) is 4. The summed E-state index contributed by atoms with van der Waals surface area (Å²) in [6, 6.07) is 10.0. The molecule has 0 aliphatic carbocycles. The standard InChI is InChI=1S/C23H24FN5O2S/c1-15-20-21(29(27-15)18-8-6-17(24)7-9-18)26-23(32-20)28-12-2-4-16(14-28)22(30)25-11-10-19-5-3-13-31-19/h3,5-9,13,16H,2,4,10-12,14H2,1H3,(H,25,30). The Labute approximate surface area is 188 Å². The molecule has 1 unspecified atom stereocenters. The van der Waals surface area contributed by atoms with Gasteiger partial charge in [-0.1, -0.05) is 11.3 Å². The monoisotopic (exact) mass is 453 g/mol. The Hall–Kier alpha value is -3.20. The lowest BCUT2D eigenvalue weighted by Crippen LogP contribution is -2.43. The van der Waals surface area contributed by atoms with Crippen LogP contribution in [-0.4, -0.2) is 40.3 Å². The molecule has 5 rings (SSSR count). The van der Waals surface area contributed by atoms with Crippen molar-refractivity contribution in [3.63, 3.8) is 0 Å². The second kappa shape index (κ2) is 8.74. The van der Waals surface area contributed by atoms with Crippen LogP contribution < -0.4 is 10.2 Å². The van der Waals surface area contributed by atoms with E-state index in [1.807, 2.05) is 19.1 Å². The van der Waals surface area contributed by atoms with Crippen molar-refractivity contribution in [3.8, 4) is 5.69 Å². The molecule has 9 heteroatoms. The molecule has 0 saturated carbocycles. The van der Waals surface area contributed by atoms with E-state index in [0.717, 1.165) is 52.0 Å². The number of hydrogen-bond donors (Lipinski definition) is 1. The minimum atomic E-state index is -0.283. The molecule has 4 heterocycles. The van der Waals surface area contributed by atoms with Gasteiger partial charge in [0.15, 0.2) is 10.8 Å². The van der Waals surface area contributed by atoms with Gasteiger partial charge in [-0.3, -0.25) is 4.79 Å². The number of halogens is 1. The summed E-state index contributed by atoms with van der Waals surface area (Å²) in [5.41, 5.74) is 2.42. The molecule has 1 aliphatic rings. The number of furan rings is 1. The number of nitrogens with one attached hydrogen (secondary N) is 1. The summed E-state index contributed by atoms with van der Waals surface area (Å²) in [4.78, 5) is 19.8. The average molecular weight is 454 g/mol. The molecular weight excluding hydrogens is 429 g/mol. The largest absolute Gasteiger partial charge is 0.469 e. The van der Waals surface area contributed by atoms with E-state index in [9.17, 15) is 9.18 Å². The third-order valence-electron chi connectivity index (χ3n) is 5.76. The van der Waals surface area contributed by atoms with E-state index < -0.39 is 0 Å². The highest BCUT2D eigenvalue weighted by Crippen LogP contribution is 2.34. The molecule has 1 fully saturated rings. The van der Waals surface area contributed by atoms with Crippen molar-refractivity contribution in [2.24, 2.45) is 5.92 Å². The van der Waals surface area contributed by atoms with Crippen LogP contribution in [0.4, 0.5) is 9.52 Å².